The zero-order valence-corrected chi connectivity index (χ0v) is 22.0. The number of hydrogen-bond donors (Lipinski definition) is 3. The number of aliphatic hydroxyl groups is 1. The normalized spacial score (nSPS) is 15.0. The zero-order valence-electron chi connectivity index (χ0n) is 20.4. The van der Waals surface area contributed by atoms with E-state index in [2.05, 4.69) is 0 Å². The Morgan fingerprint density at radius 1 is 1.00 bits per heavy atom. The van der Waals surface area contributed by atoms with E-state index in [4.69, 9.17) is 17.0 Å². The number of aliphatic hydroxyl groups excluding tert-OH is 1. The molecule has 0 aliphatic rings. The van der Waals surface area contributed by atoms with Gasteiger partial charge in [0.2, 0.25) is 0 Å². The Balaban J connectivity index is 1.66. The fraction of sp³-hybridized carbons (Fsp3) is 0.241. The quantitative estimate of drug-likeness (QED) is 0.137. The van der Waals surface area contributed by atoms with E-state index in [0.717, 1.165) is 16.7 Å². The van der Waals surface area contributed by atoms with Crippen LogP contribution in [0.5, 0.6) is 0 Å². The summed E-state index contributed by atoms with van der Waals surface area (Å²) in [5, 5.41) is 29.2. The molecule has 3 rings (SSSR count). The summed E-state index contributed by atoms with van der Waals surface area (Å²) < 4.78 is 13.4. The van der Waals surface area contributed by atoms with Crippen LogP contribution in [-0.4, -0.2) is 40.4 Å². The van der Waals surface area contributed by atoms with Gasteiger partial charge in [0.25, 0.3) is 0 Å². The van der Waals surface area contributed by atoms with Crippen LogP contribution in [0.4, 0.5) is 0 Å². The molecule has 0 saturated heterocycles. The number of aliphatic carboxylic acids is 1. The van der Waals surface area contributed by atoms with Gasteiger partial charge in [-0.25, -0.2) is 0 Å². The SMILES string of the molecule is C[C@@H](Cc1ccccc1)P(C)(=O)CC(C/C(O)=C/C(=N)c1ccc(-c2cccc(Cl)c2)cc1)C(=O)O. The van der Waals surface area contributed by atoms with Crippen LogP contribution in [0.2, 0.25) is 5.02 Å². The van der Waals surface area contributed by atoms with Gasteiger partial charge in [-0.3, -0.25) is 4.79 Å². The van der Waals surface area contributed by atoms with Gasteiger partial charge in [-0.1, -0.05) is 85.3 Å². The number of allylic oxidation sites excluding steroid dienone is 2. The van der Waals surface area contributed by atoms with Gasteiger partial charge in [-0.2, -0.15) is 0 Å². The summed E-state index contributed by atoms with van der Waals surface area (Å²) in [5.41, 5.74) is 3.40. The molecule has 0 aliphatic carbocycles. The molecule has 0 saturated carbocycles. The molecule has 0 aromatic heterocycles. The van der Waals surface area contributed by atoms with Crippen LogP contribution >= 0.6 is 18.7 Å². The Hall–Kier alpha value is -3.14. The number of carboxylic acids is 1. The Bertz CT molecular complexity index is 1290. The maximum atomic E-state index is 13.4. The number of hydrogen-bond acceptors (Lipinski definition) is 4. The van der Waals surface area contributed by atoms with Crippen molar-refractivity contribution in [1.82, 2.24) is 0 Å². The average molecular weight is 524 g/mol. The molecular weight excluding hydrogens is 493 g/mol. The lowest BCUT2D eigenvalue weighted by Gasteiger charge is -2.24. The second kappa shape index (κ2) is 12.2. The Morgan fingerprint density at radius 2 is 1.67 bits per heavy atom. The van der Waals surface area contributed by atoms with E-state index in [-0.39, 0.29) is 29.7 Å². The van der Waals surface area contributed by atoms with Crippen molar-refractivity contribution >= 4 is 30.4 Å². The largest absolute Gasteiger partial charge is 0.512 e. The van der Waals surface area contributed by atoms with Crippen LogP contribution in [0.15, 0.2) is 90.7 Å². The standard InChI is InChI=1S/C29H31ClNO4P/c1-20(15-21-7-4-3-5-8-21)36(2,35)19-25(29(33)34)17-27(32)18-28(31)23-13-11-22(12-14-23)24-9-6-10-26(30)16-24/h3-14,16,18,20,25,31-32H,15,17,19H2,1-2H3,(H,33,34)/b27-18-,31-28?/t20-,25?,36?/m0/s1. The summed E-state index contributed by atoms with van der Waals surface area (Å²) in [6.07, 6.45) is 1.65. The van der Waals surface area contributed by atoms with Crippen molar-refractivity contribution < 1.29 is 19.6 Å². The molecule has 0 bridgehead atoms. The smallest absolute Gasteiger partial charge is 0.307 e. The van der Waals surface area contributed by atoms with Gasteiger partial charge in [-0.05, 0) is 47.5 Å². The molecule has 0 heterocycles. The minimum Gasteiger partial charge on any atom is -0.512 e. The molecule has 0 spiro atoms. The number of halogens is 1. The van der Waals surface area contributed by atoms with Crippen molar-refractivity contribution in [3.8, 4) is 11.1 Å². The first-order valence-corrected chi connectivity index (χ1v) is 14.5. The zero-order chi connectivity index (χ0) is 26.3. The van der Waals surface area contributed by atoms with Crippen LogP contribution in [0.1, 0.15) is 24.5 Å². The molecule has 36 heavy (non-hydrogen) atoms. The second-order valence-corrected chi connectivity index (χ2v) is 13.3. The molecule has 3 N–H and O–H groups in total. The topological polar surface area (TPSA) is 98.5 Å². The van der Waals surface area contributed by atoms with Crippen molar-refractivity contribution in [2.75, 3.05) is 12.8 Å². The van der Waals surface area contributed by atoms with E-state index in [1.807, 2.05) is 67.6 Å². The minimum atomic E-state index is -2.83. The molecule has 2 unspecified atom stereocenters. The third-order valence-corrected chi connectivity index (χ3v) is 9.81. The second-order valence-electron chi connectivity index (χ2n) is 9.27. The Morgan fingerprint density at radius 3 is 2.28 bits per heavy atom. The van der Waals surface area contributed by atoms with Crippen molar-refractivity contribution in [1.29, 1.82) is 5.41 Å². The fourth-order valence-electron chi connectivity index (χ4n) is 4.07. The molecule has 3 aromatic rings. The van der Waals surface area contributed by atoms with Crippen molar-refractivity contribution in [2.24, 2.45) is 5.92 Å². The molecule has 0 radical (unpaired) electrons. The number of carboxylic acid groups (broad SMARTS) is 1. The van der Waals surface area contributed by atoms with Crippen LogP contribution < -0.4 is 0 Å². The third-order valence-electron chi connectivity index (χ3n) is 6.36. The first-order chi connectivity index (χ1) is 17.0. The van der Waals surface area contributed by atoms with E-state index in [0.29, 0.717) is 17.0 Å². The molecule has 5 nitrogen and oxygen atoms in total. The van der Waals surface area contributed by atoms with E-state index in [1.54, 1.807) is 24.9 Å². The van der Waals surface area contributed by atoms with Crippen LogP contribution in [0, 0.1) is 11.3 Å². The van der Waals surface area contributed by atoms with E-state index in [1.165, 1.54) is 6.08 Å². The molecule has 3 atom stereocenters. The predicted octanol–water partition coefficient (Wildman–Crippen LogP) is 7.53. The van der Waals surface area contributed by atoms with Gasteiger partial charge in [0.05, 0.1) is 24.5 Å². The monoisotopic (exact) mass is 523 g/mol. The molecule has 188 valence electrons. The number of nitrogens with one attached hydrogen (secondary N) is 1. The highest BCUT2D eigenvalue weighted by Gasteiger charge is 2.32. The van der Waals surface area contributed by atoms with Crippen LogP contribution in [0.3, 0.4) is 0 Å². The molecular formula is C29H31ClNO4P. The summed E-state index contributed by atoms with van der Waals surface area (Å²) in [5.74, 6) is -2.34. The van der Waals surface area contributed by atoms with Crippen molar-refractivity contribution in [3.05, 3.63) is 107 Å². The highest BCUT2D eigenvalue weighted by Crippen LogP contribution is 2.50. The summed E-state index contributed by atoms with van der Waals surface area (Å²) in [6.45, 7) is 3.52. The minimum absolute atomic E-state index is 0.0180. The average Bonchev–Trinajstić information content (AvgIpc) is 2.84. The summed E-state index contributed by atoms with van der Waals surface area (Å²) in [7, 11) is -2.83. The predicted molar refractivity (Wildman–Crippen MR) is 148 cm³/mol. The maximum absolute atomic E-state index is 13.4. The van der Waals surface area contributed by atoms with Gasteiger partial charge in [0.15, 0.2) is 0 Å². The summed E-state index contributed by atoms with van der Waals surface area (Å²) in [6, 6.07) is 24.4. The molecule has 3 aromatic carbocycles. The summed E-state index contributed by atoms with van der Waals surface area (Å²) in [4.78, 5) is 11.9. The van der Waals surface area contributed by atoms with Gasteiger partial charge < -0.3 is 20.2 Å². The highest BCUT2D eigenvalue weighted by molar-refractivity contribution is 7.63. The van der Waals surface area contributed by atoms with Crippen molar-refractivity contribution in [3.63, 3.8) is 0 Å². The Kier molecular flexibility index (Phi) is 9.31. The molecule has 7 heteroatoms. The van der Waals surface area contributed by atoms with Crippen LogP contribution in [0.25, 0.3) is 11.1 Å². The lowest BCUT2D eigenvalue weighted by molar-refractivity contribution is -0.141. The Labute approximate surface area is 217 Å². The highest BCUT2D eigenvalue weighted by atomic mass is 35.5. The number of rotatable bonds is 11. The van der Waals surface area contributed by atoms with Gasteiger partial charge in [0.1, 0.15) is 0 Å². The maximum Gasteiger partial charge on any atom is 0.307 e. The van der Waals surface area contributed by atoms with E-state index >= 15 is 0 Å². The fourth-order valence-corrected chi connectivity index (χ4v) is 6.38. The van der Waals surface area contributed by atoms with Gasteiger partial charge >= 0.3 is 5.97 Å². The number of benzene rings is 3. The lowest BCUT2D eigenvalue weighted by atomic mass is 10.0. The van der Waals surface area contributed by atoms with Crippen LogP contribution in [-0.2, 0) is 15.8 Å². The van der Waals surface area contributed by atoms with E-state index < -0.39 is 19.0 Å². The first-order valence-electron chi connectivity index (χ1n) is 11.7. The first kappa shape index (κ1) is 27.4. The third kappa shape index (κ3) is 7.68. The molecule has 0 fully saturated rings. The molecule has 0 aliphatic heterocycles. The van der Waals surface area contributed by atoms with E-state index in [9.17, 15) is 19.6 Å². The lowest BCUT2D eigenvalue weighted by Crippen LogP contribution is -2.22. The van der Waals surface area contributed by atoms with Gasteiger partial charge in [0, 0.05) is 29.3 Å². The molecule has 0 amide bonds. The number of carbonyl (C=O) groups is 1. The van der Waals surface area contributed by atoms with Gasteiger partial charge in [-0.15, -0.1) is 0 Å². The van der Waals surface area contributed by atoms with Crippen molar-refractivity contribution in [2.45, 2.75) is 25.4 Å². The summed E-state index contributed by atoms with van der Waals surface area (Å²) >= 11 is 6.06.